The van der Waals surface area contributed by atoms with Gasteiger partial charge >= 0.3 is 0 Å². The highest BCUT2D eigenvalue weighted by Gasteiger charge is 2.21. The summed E-state index contributed by atoms with van der Waals surface area (Å²) < 4.78 is 18.9. The first-order valence-corrected chi connectivity index (χ1v) is 7.90. The van der Waals surface area contributed by atoms with Gasteiger partial charge in [0.1, 0.15) is 11.6 Å². The number of non-ortho nitro benzene ring substituents is 1. The lowest BCUT2D eigenvalue weighted by molar-refractivity contribution is -0.384. The van der Waals surface area contributed by atoms with Gasteiger partial charge in [-0.2, -0.15) is 0 Å². The van der Waals surface area contributed by atoms with E-state index in [-0.39, 0.29) is 29.7 Å². The van der Waals surface area contributed by atoms with E-state index in [0.29, 0.717) is 11.3 Å². The molecule has 1 atom stereocenters. The van der Waals surface area contributed by atoms with Gasteiger partial charge in [0, 0.05) is 18.2 Å². The van der Waals surface area contributed by atoms with E-state index < -0.39 is 11.0 Å². The highest BCUT2D eigenvalue weighted by Crippen LogP contribution is 2.29. The van der Waals surface area contributed by atoms with Crippen LogP contribution >= 0.6 is 0 Å². The monoisotopic (exact) mass is 361 g/mol. The van der Waals surface area contributed by atoms with Gasteiger partial charge in [-0.05, 0) is 26.1 Å². The third-order valence-corrected chi connectivity index (χ3v) is 4.07. The zero-order valence-corrected chi connectivity index (χ0v) is 14.7. The first kappa shape index (κ1) is 19.3. The second-order valence-electron chi connectivity index (χ2n) is 5.81. The van der Waals surface area contributed by atoms with Gasteiger partial charge in [-0.3, -0.25) is 19.8 Å². The van der Waals surface area contributed by atoms with Crippen molar-refractivity contribution in [2.24, 2.45) is 0 Å². The molecular formula is C18H20FN3O4. The van der Waals surface area contributed by atoms with E-state index in [9.17, 15) is 19.3 Å². The SMILES string of the molecule is COc1cc([N+](=O)[O-])ccc1NC(=O)[C@@H](C)N(C)Cc1ccccc1F. The number of hydrogen-bond donors (Lipinski definition) is 1. The molecule has 7 nitrogen and oxygen atoms in total. The Balaban J connectivity index is 2.09. The summed E-state index contributed by atoms with van der Waals surface area (Å²) in [7, 11) is 3.08. The molecule has 0 fully saturated rings. The summed E-state index contributed by atoms with van der Waals surface area (Å²) in [6, 6.07) is 9.75. The molecule has 0 spiro atoms. The van der Waals surface area contributed by atoms with E-state index in [1.54, 1.807) is 37.1 Å². The van der Waals surface area contributed by atoms with E-state index in [1.165, 1.54) is 31.4 Å². The molecular weight excluding hydrogens is 341 g/mol. The van der Waals surface area contributed by atoms with E-state index in [4.69, 9.17) is 4.74 Å². The molecule has 0 unspecified atom stereocenters. The minimum atomic E-state index is -0.561. The number of anilines is 1. The first-order chi connectivity index (χ1) is 12.3. The van der Waals surface area contributed by atoms with Gasteiger partial charge in [0.05, 0.1) is 29.8 Å². The van der Waals surface area contributed by atoms with E-state index in [1.807, 2.05) is 0 Å². The van der Waals surface area contributed by atoms with Crippen LogP contribution < -0.4 is 10.1 Å². The Labute approximate surface area is 150 Å². The number of halogens is 1. The number of nitrogens with one attached hydrogen (secondary N) is 1. The summed E-state index contributed by atoms with van der Waals surface area (Å²) >= 11 is 0. The largest absolute Gasteiger partial charge is 0.494 e. The van der Waals surface area contributed by atoms with Gasteiger partial charge in [-0.1, -0.05) is 18.2 Å². The predicted octanol–water partition coefficient (Wildman–Crippen LogP) is 3.20. The van der Waals surface area contributed by atoms with Crippen molar-refractivity contribution in [3.8, 4) is 5.75 Å². The molecule has 0 aliphatic carbocycles. The number of likely N-dealkylation sites (N-methyl/N-ethyl adjacent to an activating group) is 1. The summed E-state index contributed by atoms with van der Waals surface area (Å²) in [6.07, 6.45) is 0. The second kappa shape index (κ2) is 8.39. The van der Waals surface area contributed by atoms with Crippen molar-refractivity contribution in [3.05, 3.63) is 64.0 Å². The van der Waals surface area contributed by atoms with Crippen LogP contribution in [0.5, 0.6) is 5.75 Å². The van der Waals surface area contributed by atoms with E-state index in [0.717, 1.165) is 0 Å². The highest BCUT2D eigenvalue weighted by molar-refractivity contribution is 5.96. The summed E-state index contributed by atoms with van der Waals surface area (Å²) in [5.41, 5.74) is 0.682. The van der Waals surface area contributed by atoms with Crippen LogP contribution in [0.25, 0.3) is 0 Å². The van der Waals surface area contributed by atoms with Gasteiger partial charge in [-0.25, -0.2) is 4.39 Å². The van der Waals surface area contributed by atoms with Crippen LogP contribution in [0.2, 0.25) is 0 Å². The molecule has 0 aromatic heterocycles. The Bertz CT molecular complexity index is 813. The zero-order valence-electron chi connectivity index (χ0n) is 14.7. The van der Waals surface area contributed by atoms with Crippen molar-refractivity contribution in [3.63, 3.8) is 0 Å². The fraction of sp³-hybridized carbons (Fsp3) is 0.278. The standard InChI is InChI=1S/C18H20FN3O4/c1-12(21(2)11-13-6-4-5-7-15(13)19)18(23)20-16-9-8-14(22(24)25)10-17(16)26-3/h4-10,12H,11H2,1-3H3,(H,20,23)/t12-/m1/s1. The van der Waals surface area contributed by atoms with Crippen LogP contribution in [0.15, 0.2) is 42.5 Å². The average Bonchev–Trinajstić information content (AvgIpc) is 2.62. The van der Waals surface area contributed by atoms with E-state index >= 15 is 0 Å². The van der Waals surface area contributed by atoms with Crippen molar-refractivity contribution >= 4 is 17.3 Å². The van der Waals surface area contributed by atoms with Crippen molar-refractivity contribution in [2.45, 2.75) is 19.5 Å². The molecule has 0 heterocycles. The highest BCUT2D eigenvalue weighted by atomic mass is 19.1. The average molecular weight is 361 g/mol. The number of carbonyl (C=O) groups is 1. The molecule has 0 saturated heterocycles. The molecule has 2 aromatic carbocycles. The smallest absolute Gasteiger partial charge is 0.273 e. The third-order valence-electron chi connectivity index (χ3n) is 4.07. The molecule has 138 valence electrons. The molecule has 26 heavy (non-hydrogen) atoms. The molecule has 0 saturated carbocycles. The predicted molar refractivity (Wildman–Crippen MR) is 95.6 cm³/mol. The van der Waals surface area contributed by atoms with Crippen LogP contribution in [0, 0.1) is 15.9 Å². The Morgan fingerprint density at radius 2 is 2.04 bits per heavy atom. The summed E-state index contributed by atoms with van der Waals surface area (Å²) in [4.78, 5) is 24.5. The maximum atomic E-state index is 13.8. The number of amides is 1. The molecule has 0 aliphatic rings. The van der Waals surface area contributed by atoms with Crippen LogP contribution in [-0.2, 0) is 11.3 Å². The van der Waals surface area contributed by atoms with Gasteiger partial charge in [0.25, 0.3) is 5.69 Å². The molecule has 2 rings (SSSR count). The third kappa shape index (κ3) is 4.54. The van der Waals surface area contributed by atoms with Gasteiger partial charge < -0.3 is 10.1 Å². The minimum absolute atomic E-state index is 0.135. The Hall–Kier alpha value is -3.00. The maximum absolute atomic E-state index is 13.8. The number of benzene rings is 2. The number of carbonyl (C=O) groups excluding carboxylic acids is 1. The van der Waals surface area contributed by atoms with Crippen LogP contribution in [0.4, 0.5) is 15.8 Å². The summed E-state index contributed by atoms with van der Waals surface area (Å²) in [6.45, 7) is 1.95. The number of nitrogens with zero attached hydrogens (tertiary/aromatic N) is 2. The van der Waals surface area contributed by atoms with Crippen LogP contribution in [-0.4, -0.2) is 35.9 Å². The lowest BCUT2D eigenvalue weighted by Gasteiger charge is -2.24. The van der Waals surface area contributed by atoms with E-state index in [2.05, 4.69) is 5.32 Å². The minimum Gasteiger partial charge on any atom is -0.494 e. The van der Waals surface area contributed by atoms with Crippen molar-refractivity contribution < 1.29 is 18.8 Å². The van der Waals surface area contributed by atoms with Crippen LogP contribution in [0.1, 0.15) is 12.5 Å². The van der Waals surface area contributed by atoms with Crippen molar-refractivity contribution in [1.82, 2.24) is 4.90 Å². The van der Waals surface area contributed by atoms with Gasteiger partial charge in [0.2, 0.25) is 5.91 Å². The van der Waals surface area contributed by atoms with Crippen LogP contribution in [0.3, 0.4) is 0 Å². The number of nitro groups is 1. The first-order valence-electron chi connectivity index (χ1n) is 7.90. The molecule has 2 aromatic rings. The molecule has 1 amide bonds. The Morgan fingerprint density at radius 1 is 1.35 bits per heavy atom. The lowest BCUT2D eigenvalue weighted by Crippen LogP contribution is -2.39. The second-order valence-corrected chi connectivity index (χ2v) is 5.81. The summed E-state index contributed by atoms with van der Waals surface area (Å²) in [5.74, 6) is -0.475. The molecule has 0 aliphatic heterocycles. The lowest BCUT2D eigenvalue weighted by atomic mass is 10.1. The fourth-order valence-corrected chi connectivity index (χ4v) is 2.37. The summed E-state index contributed by atoms with van der Waals surface area (Å²) in [5, 5.41) is 13.5. The van der Waals surface area contributed by atoms with Gasteiger partial charge in [0.15, 0.2) is 0 Å². The van der Waals surface area contributed by atoms with Crippen molar-refractivity contribution in [1.29, 1.82) is 0 Å². The maximum Gasteiger partial charge on any atom is 0.273 e. The quantitative estimate of drug-likeness (QED) is 0.605. The topological polar surface area (TPSA) is 84.7 Å². The number of nitro benzene ring substituents is 1. The normalized spacial score (nSPS) is 11.9. The number of hydrogen-bond acceptors (Lipinski definition) is 5. The number of rotatable bonds is 7. The van der Waals surface area contributed by atoms with Gasteiger partial charge in [-0.15, -0.1) is 0 Å². The number of methoxy groups -OCH3 is 1. The molecule has 8 heteroatoms. The Kier molecular flexibility index (Phi) is 6.24. The fourth-order valence-electron chi connectivity index (χ4n) is 2.37. The zero-order chi connectivity index (χ0) is 19.3. The Morgan fingerprint density at radius 3 is 2.65 bits per heavy atom. The molecule has 1 N–H and O–H groups in total. The number of ether oxygens (including phenoxy) is 1. The molecule has 0 bridgehead atoms. The van der Waals surface area contributed by atoms with Crippen molar-refractivity contribution in [2.75, 3.05) is 19.5 Å². The molecule has 0 radical (unpaired) electrons.